The third kappa shape index (κ3) is 3.04. The highest BCUT2D eigenvalue weighted by atomic mass is 35.5. The monoisotopic (exact) mass is 294 g/mol. The first-order chi connectivity index (χ1) is 9.44. The third-order valence-electron chi connectivity index (χ3n) is 3.69. The summed E-state index contributed by atoms with van der Waals surface area (Å²) in [6, 6.07) is 7.27. The molecule has 1 aliphatic carbocycles. The molecule has 0 aliphatic heterocycles. The molecule has 0 heterocycles. The van der Waals surface area contributed by atoms with Gasteiger partial charge in [0.15, 0.2) is 5.78 Å². The van der Waals surface area contributed by atoms with Crippen LogP contribution in [0.15, 0.2) is 24.3 Å². The predicted molar refractivity (Wildman–Crippen MR) is 77.7 cm³/mol. The van der Waals surface area contributed by atoms with Crippen molar-refractivity contribution >= 4 is 23.4 Å². The number of halogens is 1. The number of hydrogen-bond donors (Lipinski definition) is 0. The first-order valence-corrected chi connectivity index (χ1v) is 7.31. The number of hydrogen-bond acceptors (Lipinski definition) is 3. The zero-order chi connectivity index (χ0) is 14.8. The minimum absolute atomic E-state index is 0.00176. The Balaban J connectivity index is 2.26. The SMILES string of the molecule is CC(C)OC(=O)C1(Cc2ccc(Cl)cc2)CCCC1=O. The van der Waals surface area contributed by atoms with Crippen molar-refractivity contribution in [2.24, 2.45) is 5.41 Å². The van der Waals surface area contributed by atoms with E-state index in [1.54, 1.807) is 26.0 Å². The van der Waals surface area contributed by atoms with Crippen molar-refractivity contribution in [3.63, 3.8) is 0 Å². The number of carbonyl (C=O) groups is 2. The largest absolute Gasteiger partial charge is 0.462 e. The summed E-state index contributed by atoms with van der Waals surface area (Å²) >= 11 is 5.86. The van der Waals surface area contributed by atoms with Gasteiger partial charge in [-0.15, -0.1) is 0 Å². The maximum atomic E-state index is 12.4. The molecule has 1 atom stereocenters. The summed E-state index contributed by atoms with van der Waals surface area (Å²) in [4.78, 5) is 24.7. The van der Waals surface area contributed by atoms with E-state index in [4.69, 9.17) is 16.3 Å². The fourth-order valence-electron chi connectivity index (χ4n) is 2.68. The molecule has 0 bridgehead atoms. The van der Waals surface area contributed by atoms with Crippen molar-refractivity contribution in [2.45, 2.75) is 45.6 Å². The summed E-state index contributed by atoms with van der Waals surface area (Å²) in [6.45, 7) is 3.60. The second-order valence-electron chi connectivity index (χ2n) is 5.62. The van der Waals surface area contributed by atoms with E-state index in [1.807, 2.05) is 12.1 Å². The fourth-order valence-corrected chi connectivity index (χ4v) is 2.81. The van der Waals surface area contributed by atoms with E-state index < -0.39 is 5.41 Å². The summed E-state index contributed by atoms with van der Waals surface area (Å²) in [5.74, 6) is -0.386. The van der Waals surface area contributed by atoms with Crippen LogP contribution >= 0.6 is 11.6 Å². The molecule has 1 aromatic carbocycles. The van der Waals surface area contributed by atoms with Crippen molar-refractivity contribution in [3.05, 3.63) is 34.9 Å². The highest BCUT2D eigenvalue weighted by Crippen LogP contribution is 2.39. The van der Waals surface area contributed by atoms with Crippen LogP contribution in [0, 0.1) is 5.41 Å². The van der Waals surface area contributed by atoms with Crippen molar-refractivity contribution in [1.29, 1.82) is 0 Å². The van der Waals surface area contributed by atoms with Gasteiger partial charge in [-0.25, -0.2) is 0 Å². The number of ketones is 1. The molecule has 0 aromatic heterocycles. The number of esters is 1. The Kier molecular flexibility index (Phi) is 4.48. The molecule has 0 radical (unpaired) electrons. The molecule has 0 amide bonds. The molecule has 108 valence electrons. The standard InChI is InChI=1S/C16H19ClO3/c1-11(2)20-15(19)16(9-3-4-14(16)18)10-12-5-7-13(17)8-6-12/h5-8,11H,3-4,9-10H2,1-2H3. The topological polar surface area (TPSA) is 43.4 Å². The van der Waals surface area contributed by atoms with Crippen LogP contribution in [0.1, 0.15) is 38.7 Å². The van der Waals surface area contributed by atoms with Gasteiger partial charge in [-0.2, -0.15) is 0 Å². The second-order valence-corrected chi connectivity index (χ2v) is 6.05. The lowest BCUT2D eigenvalue weighted by atomic mass is 9.79. The maximum Gasteiger partial charge on any atom is 0.320 e. The van der Waals surface area contributed by atoms with Crippen LogP contribution in [-0.2, 0) is 20.7 Å². The molecule has 20 heavy (non-hydrogen) atoms. The van der Waals surface area contributed by atoms with Crippen LogP contribution in [0.4, 0.5) is 0 Å². The molecule has 0 spiro atoms. The van der Waals surface area contributed by atoms with E-state index in [0.717, 1.165) is 12.0 Å². The number of carbonyl (C=O) groups excluding carboxylic acids is 2. The van der Waals surface area contributed by atoms with Crippen molar-refractivity contribution in [1.82, 2.24) is 0 Å². The molecular weight excluding hydrogens is 276 g/mol. The molecule has 1 fully saturated rings. The molecule has 0 N–H and O–H groups in total. The summed E-state index contributed by atoms with van der Waals surface area (Å²) in [7, 11) is 0. The van der Waals surface area contributed by atoms with Crippen LogP contribution in [0.25, 0.3) is 0 Å². The smallest absolute Gasteiger partial charge is 0.320 e. The fraction of sp³-hybridized carbons (Fsp3) is 0.500. The normalized spacial score (nSPS) is 22.3. The lowest BCUT2D eigenvalue weighted by Gasteiger charge is -2.26. The summed E-state index contributed by atoms with van der Waals surface area (Å²) in [5.41, 5.74) is -0.0664. The number of rotatable bonds is 4. The molecule has 2 rings (SSSR count). The highest BCUT2D eigenvalue weighted by molar-refractivity contribution is 6.30. The Hall–Kier alpha value is -1.35. The van der Waals surface area contributed by atoms with E-state index in [2.05, 4.69) is 0 Å². The molecule has 3 nitrogen and oxygen atoms in total. The van der Waals surface area contributed by atoms with Crippen LogP contribution in [0.2, 0.25) is 5.02 Å². The average Bonchev–Trinajstić information content (AvgIpc) is 2.74. The minimum atomic E-state index is -1.00. The van der Waals surface area contributed by atoms with Gasteiger partial charge >= 0.3 is 5.97 Å². The highest BCUT2D eigenvalue weighted by Gasteiger charge is 2.49. The molecule has 1 unspecified atom stereocenters. The average molecular weight is 295 g/mol. The van der Waals surface area contributed by atoms with Gasteiger partial charge in [0.1, 0.15) is 5.41 Å². The molecule has 1 aliphatic rings. The maximum absolute atomic E-state index is 12.4. The first kappa shape index (κ1) is 15.0. The first-order valence-electron chi connectivity index (χ1n) is 6.93. The van der Waals surface area contributed by atoms with Gasteiger partial charge in [0, 0.05) is 11.4 Å². The zero-order valence-corrected chi connectivity index (χ0v) is 12.6. The van der Waals surface area contributed by atoms with E-state index >= 15 is 0 Å². The summed E-state index contributed by atoms with van der Waals surface area (Å²) < 4.78 is 5.32. The lowest BCUT2D eigenvalue weighted by Crippen LogP contribution is -2.40. The van der Waals surface area contributed by atoms with Crippen molar-refractivity contribution in [3.8, 4) is 0 Å². The molecule has 0 saturated heterocycles. The Bertz CT molecular complexity index is 507. The number of benzene rings is 1. The Morgan fingerprint density at radius 3 is 2.50 bits per heavy atom. The number of Topliss-reactive ketones (excluding diaryl/α,β-unsaturated/α-hetero) is 1. The third-order valence-corrected chi connectivity index (χ3v) is 3.95. The summed E-state index contributed by atoms with van der Waals surface area (Å²) in [5, 5.41) is 0.644. The van der Waals surface area contributed by atoms with Crippen LogP contribution in [-0.4, -0.2) is 17.9 Å². The van der Waals surface area contributed by atoms with E-state index in [9.17, 15) is 9.59 Å². The van der Waals surface area contributed by atoms with Gasteiger partial charge in [0.05, 0.1) is 6.10 Å². The summed E-state index contributed by atoms with van der Waals surface area (Å²) in [6.07, 6.45) is 1.97. The van der Waals surface area contributed by atoms with E-state index in [1.165, 1.54) is 0 Å². The minimum Gasteiger partial charge on any atom is -0.462 e. The van der Waals surface area contributed by atoms with Crippen LogP contribution < -0.4 is 0 Å². The van der Waals surface area contributed by atoms with Gasteiger partial charge in [-0.05, 0) is 50.8 Å². The van der Waals surface area contributed by atoms with Crippen LogP contribution in [0.5, 0.6) is 0 Å². The van der Waals surface area contributed by atoms with Gasteiger partial charge in [0.2, 0.25) is 0 Å². The molecule has 1 saturated carbocycles. The van der Waals surface area contributed by atoms with Gasteiger partial charge in [-0.3, -0.25) is 9.59 Å². The van der Waals surface area contributed by atoms with Crippen molar-refractivity contribution in [2.75, 3.05) is 0 Å². The van der Waals surface area contributed by atoms with Crippen molar-refractivity contribution < 1.29 is 14.3 Å². The molecule has 4 heteroatoms. The van der Waals surface area contributed by atoms with Crippen LogP contribution in [0.3, 0.4) is 0 Å². The second kappa shape index (κ2) is 5.96. The zero-order valence-electron chi connectivity index (χ0n) is 11.8. The van der Waals surface area contributed by atoms with Gasteiger partial charge in [-0.1, -0.05) is 23.7 Å². The Morgan fingerprint density at radius 1 is 1.35 bits per heavy atom. The van der Waals surface area contributed by atoms with Gasteiger partial charge in [0.25, 0.3) is 0 Å². The Morgan fingerprint density at radius 2 is 2.00 bits per heavy atom. The van der Waals surface area contributed by atoms with Gasteiger partial charge < -0.3 is 4.74 Å². The van der Waals surface area contributed by atoms with E-state index in [-0.39, 0.29) is 17.9 Å². The number of ether oxygens (including phenoxy) is 1. The lowest BCUT2D eigenvalue weighted by molar-refractivity contribution is -0.162. The Labute approximate surface area is 124 Å². The quantitative estimate of drug-likeness (QED) is 0.630. The molecular formula is C16H19ClO3. The predicted octanol–water partition coefficient (Wildman–Crippen LogP) is 3.57. The molecule has 1 aromatic rings. The van der Waals surface area contributed by atoms with E-state index in [0.29, 0.717) is 24.3 Å².